The van der Waals surface area contributed by atoms with E-state index in [0.29, 0.717) is 32.1 Å². The molecule has 0 saturated carbocycles. The molecule has 0 radical (unpaired) electrons. The molecule has 1 heterocycles. The number of benzene rings is 2. The second kappa shape index (κ2) is 15.0. The van der Waals surface area contributed by atoms with E-state index < -0.39 is 12.0 Å². The molecular formula is C30H38N2O5. The number of allylic oxidation sites excluding steroid dienone is 2. The Morgan fingerprint density at radius 1 is 1.03 bits per heavy atom. The van der Waals surface area contributed by atoms with Gasteiger partial charge in [-0.05, 0) is 50.2 Å². The van der Waals surface area contributed by atoms with E-state index >= 15 is 0 Å². The molecule has 2 aromatic carbocycles. The fourth-order valence-electron chi connectivity index (χ4n) is 4.46. The first-order valence-corrected chi connectivity index (χ1v) is 13.0. The number of cyclic esters (lactones) is 1. The van der Waals surface area contributed by atoms with E-state index in [4.69, 9.17) is 4.74 Å². The zero-order valence-corrected chi connectivity index (χ0v) is 21.5. The molecule has 3 rings (SSSR count). The highest BCUT2D eigenvalue weighted by molar-refractivity contribution is 5.86. The zero-order valence-electron chi connectivity index (χ0n) is 21.5. The van der Waals surface area contributed by atoms with Gasteiger partial charge in [-0.1, -0.05) is 72.8 Å². The van der Waals surface area contributed by atoms with Gasteiger partial charge in [0.05, 0.1) is 30.5 Å². The number of aliphatic hydroxyl groups excluding tert-OH is 1. The summed E-state index contributed by atoms with van der Waals surface area (Å²) < 4.78 is 5.56. The molecule has 0 spiro atoms. The summed E-state index contributed by atoms with van der Waals surface area (Å²) in [5.41, 5.74) is 2.09. The van der Waals surface area contributed by atoms with Crippen molar-refractivity contribution in [3.8, 4) is 0 Å². The van der Waals surface area contributed by atoms with Crippen LogP contribution < -0.4 is 10.6 Å². The highest BCUT2D eigenvalue weighted by atomic mass is 16.5. The molecule has 7 nitrogen and oxygen atoms in total. The number of carbonyl (C=O) groups excluding carboxylic acids is 3. The highest BCUT2D eigenvalue weighted by Crippen LogP contribution is 2.19. The van der Waals surface area contributed by atoms with E-state index in [1.807, 2.05) is 72.8 Å². The number of carbonyl (C=O) groups is 3. The van der Waals surface area contributed by atoms with Crippen molar-refractivity contribution in [1.82, 2.24) is 10.6 Å². The predicted octanol–water partition coefficient (Wildman–Crippen LogP) is 3.36. The van der Waals surface area contributed by atoms with Gasteiger partial charge < -0.3 is 20.5 Å². The fourth-order valence-corrected chi connectivity index (χ4v) is 4.46. The van der Waals surface area contributed by atoms with Gasteiger partial charge in [0.2, 0.25) is 11.8 Å². The average molecular weight is 507 g/mol. The Kier molecular flexibility index (Phi) is 11.4. The quantitative estimate of drug-likeness (QED) is 0.376. The maximum absolute atomic E-state index is 13.0. The molecular weight excluding hydrogens is 468 g/mol. The lowest BCUT2D eigenvalue weighted by molar-refractivity contribution is -0.150. The van der Waals surface area contributed by atoms with E-state index in [1.165, 1.54) is 0 Å². The number of nitrogens with one attached hydrogen (secondary N) is 2. The van der Waals surface area contributed by atoms with Crippen molar-refractivity contribution < 1.29 is 24.2 Å². The maximum atomic E-state index is 13.0. The standard InChI is InChI=1S/C30H38N2O5/c1-22-21-37-30(36)26(17-23-11-5-2-6-12-23)16-10-4-9-15-25(29(35)31-22)19-28(34)32-27(20-33)18-24-13-7-3-8-14-24/h2-9,11-14,22,25-27,33H,10,15-21H2,1H3,(H,31,35)(H,32,34)/t22-,25+,26+,27-/m0/s1. The van der Waals surface area contributed by atoms with Crippen molar-refractivity contribution in [1.29, 1.82) is 0 Å². The summed E-state index contributed by atoms with van der Waals surface area (Å²) >= 11 is 0. The third kappa shape index (κ3) is 9.84. The van der Waals surface area contributed by atoms with E-state index in [9.17, 15) is 19.5 Å². The highest BCUT2D eigenvalue weighted by Gasteiger charge is 2.26. The Labute approximate surface area is 219 Å². The molecule has 0 aromatic heterocycles. The minimum atomic E-state index is -0.564. The van der Waals surface area contributed by atoms with E-state index in [-0.39, 0.29) is 49.4 Å². The summed E-state index contributed by atoms with van der Waals surface area (Å²) in [6, 6.07) is 18.7. The number of hydrogen-bond donors (Lipinski definition) is 3. The predicted molar refractivity (Wildman–Crippen MR) is 142 cm³/mol. The Hall–Kier alpha value is -3.45. The number of rotatable bonds is 8. The first-order chi connectivity index (χ1) is 17.9. The van der Waals surface area contributed by atoms with Crippen molar-refractivity contribution in [2.24, 2.45) is 11.8 Å². The summed E-state index contributed by atoms with van der Waals surface area (Å²) in [6.45, 7) is 1.67. The first kappa shape index (κ1) is 28.1. The summed E-state index contributed by atoms with van der Waals surface area (Å²) in [7, 11) is 0. The Morgan fingerprint density at radius 2 is 1.70 bits per heavy atom. The van der Waals surface area contributed by atoms with Gasteiger partial charge in [-0.2, -0.15) is 0 Å². The number of hydrogen-bond acceptors (Lipinski definition) is 5. The van der Waals surface area contributed by atoms with Crippen molar-refractivity contribution in [3.63, 3.8) is 0 Å². The van der Waals surface area contributed by atoms with E-state index in [1.54, 1.807) is 6.92 Å². The number of amides is 2. The minimum Gasteiger partial charge on any atom is -0.463 e. The summed E-state index contributed by atoms with van der Waals surface area (Å²) in [4.78, 5) is 38.6. The van der Waals surface area contributed by atoms with Crippen LogP contribution in [0.4, 0.5) is 0 Å². The smallest absolute Gasteiger partial charge is 0.309 e. The summed E-state index contributed by atoms with van der Waals surface area (Å²) in [6.07, 6.45) is 6.72. The van der Waals surface area contributed by atoms with E-state index in [0.717, 1.165) is 11.1 Å². The summed E-state index contributed by atoms with van der Waals surface area (Å²) in [5, 5.41) is 15.5. The molecule has 0 unspecified atom stereocenters. The topological polar surface area (TPSA) is 105 Å². The van der Waals surface area contributed by atoms with Crippen LogP contribution in [0.25, 0.3) is 0 Å². The van der Waals surface area contributed by atoms with Crippen LogP contribution in [0.5, 0.6) is 0 Å². The lowest BCUT2D eigenvalue weighted by Gasteiger charge is -2.21. The Morgan fingerprint density at radius 3 is 2.38 bits per heavy atom. The Balaban J connectivity index is 1.61. The monoisotopic (exact) mass is 506 g/mol. The average Bonchev–Trinajstić information content (AvgIpc) is 2.91. The van der Waals surface area contributed by atoms with Gasteiger partial charge in [-0.25, -0.2) is 0 Å². The van der Waals surface area contributed by atoms with Gasteiger partial charge in [0.25, 0.3) is 0 Å². The molecule has 3 N–H and O–H groups in total. The minimum absolute atomic E-state index is 0.00457. The number of esters is 1. The third-order valence-corrected chi connectivity index (χ3v) is 6.50. The molecule has 0 aliphatic carbocycles. The van der Waals surface area contributed by atoms with Gasteiger partial charge in [0, 0.05) is 6.42 Å². The van der Waals surface area contributed by atoms with Crippen LogP contribution in [0.3, 0.4) is 0 Å². The van der Waals surface area contributed by atoms with Crippen molar-refractivity contribution in [2.45, 2.75) is 57.5 Å². The van der Waals surface area contributed by atoms with Gasteiger partial charge >= 0.3 is 5.97 Å². The molecule has 0 bridgehead atoms. The zero-order chi connectivity index (χ0) is 26.5. The van der Waals surface area contributed by atoms with Gasteiger partial charge in [0.15, 0.2) is 0 Å². The lowest BCUT2D eigenvalue weighted by Crippen LogP contribution is -2.44. The largest absolute Gasteiger partial charge is 0.463 e. The van der Waals surface area contributed by atoms with Gasteiger partial charge in [0.1, 0.15) is 6.61 Å². The molecule has 198 valence electrons. The van der Waals surface area contributed by atoms with Gasteiger partial charge in [-0.3, -0.25) is 14.4 Å². The molecule has 1 aliphatic rings. The van der Waals surface area contributed by atoms with Crippen molar-refractivity contribution in [2.75, 3.05) is 13.2 Å². The maximum Gasteiger partial charge on any atom is 0.309 e. The molecule has 1 aliphatic heterocycles. The molecule has 2 aromatic rings. The molecule has 0 fully saturated rings. The van der Waals surface area contributed by atoms with Crippen LogP contribution in [0.2, 0.25) is 0 Å². The van der Waals surface area contributed by atoms with Crippen molar-refractivity contribution >= 4 is 17.8 Å². The molecule has 37 heavy (non-hydrogen) atoms. The Bertz CT molecular complexity index is 1020. The number of aliphatic hydroxyl groups is 1. The SMILES string of the molecule is C[C@H]1COC(=O)[C@@H](Cc2ccccc2)CCC=CC[C@H](CC(=O)N[C@H](CO)Cc2ccccc2)C(=O)N1. The fraction of sp³-hybridized carbons (Fsp3) is 0.433. The van der Waals surface area contributed by atoms with Crippen LogP contribution >= 0.6 is 0 Å². The van der Waals surface area contributed by atoms with Gasteiger partial charge in [-0.15, -0.1) is 0 Å². The van der Waals surface area contributed by atoms with Crippen LogP contribution in [0.15, 0.2) is 72.8 Å². The van der Waals surface area contributed by atoms with Crippen LogP contribution in [0, 0.1) is 11.8 Å². The van der Waals surface area contributed by atoms with Crippen LogP contribution in [0.1, 0.15) is 43.7 Å². The molecule has 4 atom stereocenters. The van der Waals surface area contributed by atoms with Crippen molar-refractivity contribution in [3.05, 3.63) is 83.9 Å². The first-order valence-electron chi connectivity index (χ1n) is 13.0. The lowest BCUT2D eigenvalue weighted by atomic mass is 9.94. The summed E-state index contributed by atoms with van der Waals surface area (Å²) in [5.74, 6) is -1.63. The van der Waals surface area contributed by atoms with Crippen LogP contribution in [-0.4, -0.2) is 48.2 Å². The normalized spacial score (nSPS) is 21.9. The third-order valence-electron chi connectivity index (χ3n) is 6.50. The second-order valence-electron chi connectivity index (χ2n) is 9.75. The molecule has 0 saturated heterocycles. The second-order valence-corrected chi connectivity index (χ2v) is 9.75. The molecule has 2 amide bonds. The number of ether oxygens (including phenoxy) is 1. The van der Waals surface area contributed by atoms with Crippen LogP contribution in [-0.2, 0) is 32.0 Å². The molecule has 7 heteroatoms. The van der Waals surface area contributed by atoms with E-state index in [2.05, 4.69) is 10.6 Å².